The molecule has 0 heterocycles. The summed E-state index contributed by atoms with van der Waals surface area (Å²) in [6.07, 6.45) is 0. The highest BCUT2D eigenvalue weighted by molar-refractivity contribution is 7.89. The number of carbonyl (C=O) groups is 1. The molecular weight excluding hydrogens is 394 g/mol. The van der Waals surface area contributed by atoms with Crippen LogP contribution >= 0.6 is 11.6 Å². The summed E-state index contributed by atoms with van der Waals surface area (Å²) in [5.41, 5.74) is 0.0873. The van der Waals surface area contributed by atoms with Crippen molar-refractivity contribution < 1.29 is 27.4 Å². The maximum atomic E-state index is 12.3. The first-order valence-corrected chi connectivity index (χ1v) is 9.73. The second kappa shape index (κ2) is 9.07. The molecule has 0 fully saturated rings. The van der Waals surface area contributed by atoms with Gasteiger partial charge in [-0.15, -0.1) is 0 Å². The molecule has 27 heavy (non-hydrogen) atoms. The highest BCUT2D eigenvalue weighted by Gasteiger charge is 2.22. The Hall–Kier alpha value is -2.29. The first-order valence-electron chi connectivity index (χ1n) is 7.91. The van der Waals surface area contributed by atoms with Crippen molar-refractivity contribution in [1.29, 1.82) is 0 Å². The first-order chi connectivity index (χ1) is 12.8. The average molecular weight is 414 g/mol. The topological polar surface area (TPSA) is 82.1 Å². The molecule has 2 aromatic rings. The van der Waals surface area contributed by atoms with E-state index in [1.807, 2.05) is 0 Å². The van der Waals surface area contributed by atoms with Gasteiger partial charge >= 0.3 is 5.97 Å². The summed E-state index contributed by atoms with van der Waals surface area (Å²) < 4.78 is 41.2. The number of sulfonamides is 1. The Labute approximate surface area is 163 Å². The van der Waals surface area contributed by atoms with Crippen LogP contribution in [0.5, 0.6) is 11.5 Å². The summed E-state index contributed by atoms with van der Waals surface area (Å²) in [5.74, 6) is 0.651. The molecule has 0 saturated heterocycles. The van der Waals surface area contributed by atoms with Crippen LogP contribution in [0.25, 0.3) is 0 Å². The number of nitrogens with zero attached hydrogens (tertiary/aromatic N) is 1. The lowest BCUT2D eigenvalue weighted by Gasteiger charge is -2.13. The SMILES string of the molecule is COc1ccc(OCCOC(=O)c2ccc(Cl)c(S(=O)(=O)N(C)C)c2)cc1. The van der Waals surface area contributed by atoms with Crippen LogP contribution in [-0.2, 0) is 14.8 Å². The number of benzene rings is 2. The second-order valence-corrected chi connectivity index (χ2v) is 8.12. The normalized spacial score (nSPS) is 11.3. The molecule has 0 spiro atoms. The van der Waals surface area contributed by atoms with Crippen LogP contribution in [0.15, 0.2) is 47.4 Å². The Morgan fingerprint density at radius 1 is 1.04 bits per heavy atom. The lowest BCUT2D eigenvalue weighted by Crippen LogP contribution is -2.23. The van der Waals surface area contributed by atoms with E-state index in [0.717, 1.165) is 4.31 Å². The molecular formula is C18H20ClNO6S. The van der Waals surface area contributed by atoms with E-state index >= 15 is 0 Å². The van der Waals surface area contributed by atoms with Crippen LogP contribution in [0.1, 0.15) is 10.4 Å². The zero-order chi connectivity index (χ0) is 20.0. The lowest BCUT2D eigenvalue weighted by molar-refractivity contribution is 0.0450. The molecule has 0 aliphatic rings. The molecule has 2 aromatic carbocycles. The minimum atomic E-state index is -3.77. The van der Waals surface area contributed by atoms with E-state index in [0.29, 0.717) is 11.5 Å². The summed E-state index contributed by atoms with van der Waals surface area (Å²) in [4.78, 5) is 12.0. The summed E-state index contributed by atoms with van der Waals surface area (Å²) in [6.45, 7) is 0.151. The van der Waals surface area contributed by atoms with Gasteiger partial charge in [0.05, 0.1) is 17.7 Å². The number of esters is 1. The number of methoxy groups -OCH3 is 1. The van der Waals surface area contributed by atoms with Gasteiger partial charge in [0.2, 0.25) is 10.0 Å². The van der Waals surface area contributed by atoms with Crippen molar-refractivity contribution in [2.45, 2.75) is 4.90 Å². The maximum Gasteiger partial charge on any atom is 0.338 e. The number of rotatable bonds is 8. The van der Waals surface area contributed by atoms with Crippen molar-refractivity contribution in [3.63, 3.8) is 0 Å². The molecule has 9 heteroatoms. The molecule has 0 radical (unpaired) electrons. The van der Waals surface area contributed by atoms with Crippen LogP contribution in [0, 0.1) is 0 Å². The lowest BCUT2D eigenvalue weighted by atomic mass is 10.2. The fraction of sp³-hybridized carbons (Fsp3) is 0.278. The van der Waals surface area contributed by atoms with Gasteiger partial charge in [-0.05, 0) is 42.5 Å². The largest absolute Gasteiger partial charge is 0.497 e. The smallest absolute Gasteiger partial charge is 0.338 e. The Kier molecular flexibility index (Phi) is 7.06. The van der Waals surface area contributed by atoms with Crippen molar-refractivity contribution >= 4 is 27.6 Å². The number of halogens is 1. The molecule has 0 amide bonds. The summed E-state index contributed by atoms with van der Waals surface area (Å²) in [5, 5.41) is 0.0306. The number of carbonyl (C=O) groups excluding carboxylic acids is 1. The third-order valence-corrected chi connectivity index (χ3v) is 5.87. The molecule has 0 aliphatic heterocycles. The molecule has 0 atom stereocenters. The van der Waals surface area contributed by atoms with E-state index in [-0.39, 0.29) is 28.7 Å². The van der Waals surface area contributed by atoms with Crippen molar-refractivity contribution in [1.82, 2.24) is 4.31 Å². The van der Waals surface area contributed by atoms with E-state index in [4.69, 9.17) is 25.8 Å². The number of hydrogen-bond donors (Lipinski definition) is 0. The van der Waals surface area contributed by atoms with Crippen LogP contribution < -0.4 is 9.47 Å². The molecule has 0 aliphatic carbocycles. The van der Waals surface area contributed by atoms with E-state index in [9.17, 15) is 13.2 Å². The van der Waals surface area contributed by atoms with Gasteiger partial charge in [0.25, 0.3) is 0 Å². The zero-order valence-corrected chi connectivity index (χ0v) is 16.7. The summed E-state index contributed by atoms with van der Waals surface area (Å²) in [7, 11) is 0.563. The minimum absolute atomic E-state index is 0.00323. The van der Waals surface area contributed by atoms with Crippen molar-refractivity contribution in [2.75, 3.05) is 34.4 Å². The quantitative estimate of drug-likeness (QED) is 0.489. The monoisotopic (exact) mass is 413 g/mol. The Morgan fingerprint density at radius 3 is 2.26 bits per heavy atom. The van der Waals surface area contributed by atoms with Gasteiger partial charge in [0.15, 0.2) is 0 Å². The molecule has 2 rings (SSSR count). The van der Waals surface area contributed by atoms with E-state index in [2.05, 4.69) is 0 Å². The van der Waals surface area contributed by atoms with Crippen molar-refractivity contribution in [3.8, 4) is 11.5 Å². The molecule has 0 saturated carbocycles. The number of ether oxygens (including phenoxy) is 3. The molecule has 146 valence electrons. The Balaban J connectivity index is 1.96. The van der Waals surface area contributed by atoms with E-state index in [1.165, 1.54) is 32.3 Å². The van der Waals surface area contributed by atoms with Crippen molar-refractivity contribution in [2.24, 2.45) is 0 Å². The summed E-state index contributed by atoms with van der Waals surface area (Å²) >= 11 is 5.96. The number of hydrogen-bond acceptors (Lipinski definition) is 6. The highest BCUT2D eigenvalue weighted by atomic mass is 35.5. The Morgan fingerprint density at radius 2 is 1.67 bits per heavy atom. The van der Waals surface area contributed by atoms with Gasteiger partial charge in [0, 0.05) is 14.1 Å². The third-order valence-electron chi connectivity index (χ3n) is 3.57. The summed E-state index contributed by atoms with van der Waals surface area (Å²) in [6, 6.07) is 10.9. The van der Waals surface area contributed by atoms with E-state index < -0.39 is 16.0 Å². The standard InChI is InChI=1S/C18H20ClNO6S/c1-20(2)27(22,23)17-12-13(4-9-16(17)19)18(21)26-11-10-25-15-7-5-14(24-3)6-8-15/h4-9,12H,10-11H2,1-3H3. The minimum Gasteiger partial charge on any atom is -0.497 e. The zero-order valence-electron chi connectivity index (χ0n) is 15.1. The molecule has 7 nitrogen and oxygen atoms in total. The van der Waals surface area contributed by atoms with Crippen LogP contribution in [-0.4, -0.2) is 53.1 Å². The molecule has 0 aromatic heterocycles. The van der Waals surface area contributed by atoms with Gasteiger partial charge in [-0.1, -0.05) is 11.6 Å². The van der Waals surface area contributed by atoms with Gasteiger partial charge in [-0.25, -0.2) is 17.5 Å². The maximum absolute atomic E-state index is 12.3. The predicted molar refractivity (Wildman–Crippen MR) is 101 cm³/mol. The Bertz CT molecular complexity index is 897. The van der Waals surface area contributed by atoms with Crippen LogP contribution in [0.2, 0.25) is 5.02 Å². The second-order valence-electron chi connectivity index (χ2n) is 5.59. The average Bonchev–Trinajstić information content (AvgIpc) is 2.65. The van der Waals surface area contributed by atoms with E-state index in [1.54, 1.807) is 31.4 Å². The molecule has 0 unspecified atom stereocenters. The fourth-order valence-electron chi connectivity index (χ4n) is 2.07. The van der Waals surface area contributed by atoms with Gasteiger partial charge in [0.1, 0.15) is 29.6 Å². The third kappa shape index (κ3) is 5.35. The van der Waals surface area contributed by atoms with Crippen molar-refractivity contribution in [3.05, 3.63) is 53.1 Å². The highest BCUT2D eigenvalue weighted by Crippen LogP contribution is 2.25. The van der Waals surface area contributed by atoms with Gasteiger partial charge in [-0.3, -0.25) is 0 Å². The predicted octanol–water partition coefficient (Wildman–Crippen LogP) is 2.83. The first kappa shape index (κ1) is 21.0. The van der Waals surface area contributed by atoms with Crippen LogP contribution in [0.3, 0.4) is 0 Å². The fourth-order valence-corrected chi connectivity index (χ4v) is 3.47. The van der Waals surface area contributed by atoms with Gasteiger partial charge < -0.3 is 14.2 Å². The van der Waals surface area contributed by atoms with Gasteiger partial charge in [-0.2, -0.15) is 0 Å². The van der Waals surface area contributed by atoms with Crippen LogP contribution in [0.4, 0.5) is 0 Å². The molecule has 0 N–H and O–H groups in total. The molecule has 0 bridgehead atoms.